The molecule has 0 aromatic carbocycles. The topological polar surface area (TPSA) is 95.9 Å². The largest absolute Gasteiger partial charge is 0.462 e. The van der Waals surface area contributed by atoms with Crippen LogP contribution in [0.25, 0.3) is 0 Å². The Morgan fingerprint density at radius 2 is 0.797 bits per heavy atom. The predicted octanol–water partition coefficient (Wildman–Crippen LogP) is 17.2. The van der Waals surface area contributed by atoms with Crippen molar-refractivity contribution in [3.63, 3.8) is 0 Å². The van der Waals surface area contributed by atoms with E-state index in [-0.39, 0.29) is 24.9 Å². The number of hydrogen-bond donors (Lipinski definition) is 3. The van der Waals surface area contributed by atoms with Crippen LogP contribution in [0, 0.1) is 0 Å². The number of rotatable bonds is 51. The zero-order valence-electron chi connectivity index (χ0n) is 42.9. The number of carbonyl (C=O) groups excluding carboxylic acids is 2. The molecule has 0 radical (unpaired) electrons. The molecule has 3 atom stereocenters. The molecule has 0 bridgehead atoms. The molecule has 1 amide bonds. The summed E-state index contributed by atoms with van der Waals surface area (Å²) in [7, 11) is 0. The van der Waals surface area contributed by atoms with Crippen LogP contribution in [0.5, 0.6) is 0 Å². The van der Waals surface area contributed by atoms with Gasteiger partial charge in [-0.05, 0) is 51.4 Å². The van der Waals surface area contributed by atoms with Gasteiger partial charge in [0.05, 0.1) is 25.2 Å². The highest BCUT2D eigenvalue weighted by atomic mass is 16.5. The lowest BCUT2D eigenvalue weighted by atomic mass is 10.0. The molecule has 64 heavy (non-hydrogen) atoms. The van der Waals surface area contributed by atoms with Gasteiger partial charge in [0.15, 0.2) is 0 Å². The standard InChI is InChI=1S/C58H109NO5/c1-4-7-10-13-16-19-22-25-28-30-31-34-37-40-43-46-49-54(64-58(63)51-48-45-42-39-36-33-29-26-23-20-17-14-11-8-5-2)52-57(62)59-55(53-60)56(61)50-47-44-41-38-35-32-27-24-21-18-15-12-9-6-3/h22,25,28,30-31,34,54-56,60-61H,4-21,23-24,26-27,29,32-33,35-53H2,1-3H3,(H,59,62)/b25-22+,30-28+,34-31+. The highest BCUT2D eigenvalue weighted by molar-refractivity contribution is 5.77. The summed E-state index contributed by atoms with van der Waals surface area (Å²) >= 11 is 0. The van der Waals surface area contributed by atoms with Crippen LogP contribution in [0.15, 0.2) is 36.5 Å². The van der Waals surface area contributed by atoms with Crippen molar-refractivity contribution in [2.24, 2.45) is 0 Å². The van der Waals surface area contributed by atoms with E-state index in [1.54, 1.807) is 0 Å². The van der Waals surface area contributed by atoms with Gasteiger partial charge in [0, 0.05) is 6.42 Å². The third-order valence-corrected chi connectivity index (χ3v) is 13.0. The van der Waals surface area contributed by atoms with Gasteiger partial charge in [-0.15, -0.1) is 0 Å². The average Bonchev–Trinajstić information content (AvgIpc) is 3.29. The molecule has 0 aromatic rings. The van der Waals surface area contributed by atoms with E-state index in [0.717, 1.165) is 70.6 Å². The van der Waals surface area contributed by atoms with Gasteiger partial charge in [-0.2, -0.15) is 0 Å². The predicted molar refractivity (Wildman–Crippen MR) is 278 cm³/mol. The molecule has 3 unspecified atom stereocenters. The van der Waals surface area contributed by atoms with Gasteiger partial charge in [0.1, 0.15) is 6.10 Å². The number of allylic oxidation sites excluding steroid dienone is 6. The Kier molecular flexibility index (Phi) is 50.5. The molecule has 0 aliphatic heterocycles. The number of amides is 1. The maximum atomic E-state index is 13.2. The highest BCUT2D eigenvalue weighted by Crippen LogP contribution is 2.18. The first-order valence-electron chi connectivity index (χ1n) is 28.2. The fourth-order valence-electron chi connectivity index (χ4n) is 8.73. The number of aliphatic hydroxyl groups excluding tert-OH is 2. The zero-order valence-corrected chi connectivity index (χ0v) is 42.9. The van der Waals surface area contributed by atoms with Crippen molar-refractivity contribution in [3.8, 4) is 0 Å². The van der Waals surface area contributed by atoms with Crippen molar-refractivity contribution in [2.75, 3.05) is 6.61 Å². The monoisotopic (exact) mass is 900 g/mol. The maximum absolute atomic E-state index is 13.2. The van der Waals surface area contributed by atoms with Gasteiger partial charge in [-0.3, -0.25) is 9.59 Å². The molecule has 376 valence electrons. The Bertz CT molecular complexity index is 1060. The van der Waals surface area contributed by atoms with Gasteiger partial charge in [-0.25, -0.2) is 0 Å². The number of esters is 1. The minimum absolute atomic E-state index is 0.0592. The van der Waals surface area contributed by atoms with Crippen LogP contribution in [0.3, 0.4) is 0 Å². The van der Waals surface area contributed by atoms with Gasteiger partial charge in [-0.1, -0.05) is 269 Å². The molecule has 6 nitrogen and oxygen atoms in total. The summed E-state index contributed by atoms with van der Waals surface area (Å²) in [6.07, 6.45) is 62.0. The number of aliphatic hydroxyl groups is 2. The van der Waals surface area contributed by atoms with Crippen LogP contribution >= 0.6 is 0 Å². The Morgan fingerprint density at radius 1 is 0.453 bits per heavy atom. The maximum Gasteiger partial charge on any atom is 0.306 e. The van der Waals surface area contributed by atoms with E-state index < -0.39 is 18.2 Å². The highest BCUT2D eigenvalue weighted by Gasteiger charge is 2.24. The molecule has 3 N–H and O–H groups in total. The summed E-state index contributed by atoms with van der Waals surface area (Å²) in [6, 6.07) is -0.710. The first kappa shape index (κ1) is 62.1. The first-order chi connectivity index (χ1) is 31.5. The van der Waals surface area contributed by atoms with Crippen molar-refractivity contribution < 1.29 is 24.5 Å². The van der Waals surface area contributed by atoms with Crippen molar-refractivity contribution in [1.82, 2.24) is 5.32 Å². The van der Waals surface area contributed by atoms with E-state index in [1.165, 1.54) is 180 Å². The lowest BCUT2D eigenvalue weighted by Crippen LogP contribution is -2.46. The van der Waals surface area contributed by atoms with Gasteiger partial charge >= 0.3 is 5.97 Å². The van der Waals surface area contributed by atoms with Gasteiger partial charge < -0.3 is 20.3 Å². The van der Waals surface area contributed by atoms with Gasteiger partial charge in [0.25, 0.3) is 0 Å². The van der Waals surface area contributed by atoms with Crippen molar-refractivity contribution >= 4 is 11.9 Å². The second kappa shape index (κ2) is 52.1. The van der Waals surface area contributed by atoms with Crippen LogP contribution in [0.4, 0.5) is 0 Å². The number of nitrogens with one attached hydrogen (secondary N) is 1. The van der Waals surface area contributed by atoms with Crippen LogP contribution < -0.4 is 5.32 Å². The SMILES string of the molecule is CCCCCCC/C=C/C=C/C=C/CCCCCC(CC(=O)NC(CO)C(O)CCCCCCCCCCCCCCCC)OC(=O)CCCCCCCCCCCCCCCCC. The smallest absolute Gasteiger partial charge is 0.306 e. The van der Waals surface area contributed by atoms with E-state index in [0.29, 0.717) is 19.3 Å². The number of ether oxygens (including phenoxy) is 1. The first-order valence-corrected chi connectivity index (χ1v) is 28.2. The third kappa shape index (κ3) is 46.6. The minimum atomic E-state index is -0.795. The Labute approximate surface area is 398 Å². The summed E-state index contributed by atoms with van der Waals surface area (Å²) in [5.74, 6) is -0.492. The third-order valence-electron chi connectivity index (χ3n) is 13.0. The average molecular weight is 901 g/mol. The molecule has 0 heterocycles. The quantitative estimate of drug-likeness (QED) is 0.0321. The fourth-order valence-corrected chi connectivity index (χ4v) is 8.73. The van der Waals surface area contributed by atoms with Crippen LogP contribution in [0.1, 0.15) is 297 Å². The fraction of sp³-hybridized carbons (Fsp3) is 0.862. The molecule has 0 aliphatic rings. The van der Waals surface area contributed by atoms with E-state index in [4.69, 9.17) is 4.74 Å². The molecule has 0 aliphatic carbocycles. The molecule has 0 saturated heterocycles. The minimum Gasteiger partial charge on any atom is -0.462 e. The van der Waals surface area contributed by atoms with E-state index >= 15 is 0 Å². The van der Waals surface area contributed by atoms with E-state index in [1.807, 2.05) is 0 Å². The van der Waals surface area contributed by atoms with Crippen LogP contribution in [-0.4, -0.2) is 46.9 Å². The molecule has 6 heteroatoms. The summed E-state index contributed by atoms with van der Waals surface area (Å²) in [6.45, 7) is 6.49. The number of hydrogen-bond acceptors (Lipinski definition) is 5. The normalized spacial score (nSPS) is 13.4. The molecular formula is C58H109NO5. The van der Waals surface area contributed by atoms with Gasteiger partial charge in [0.2, 0.25) is 5.91 Å². The summed E-state index contributed by atoms with van der Waals surface area (Å²) < 4.78 is 5.94. The lowest BCUT2D eigenvalue weighted by Gasteiger charge is -2.24. The molecule has 0 spiro atoms. The molecule has 0 fully saturated rings. The molecule has 0 rings (SSSR count). The molecule has 0 aromatic heterocycles. The number of carbonyl (C=O) groups is 2. The Morgan fingerprint density at radius 3 is 1.20 bits per heavy atom. The second-order valence-electron chi connectivity index (χ2n) is 19.4. The van der Waals surface area contributed by atoms with E-state index in [9.17, 15) is 19.8 Å². The van der Waals surface area contributed by atoms with Crippen LogP contribution in [-0.2, 0) is 14.3 Å². The zero-order chi connectivity index (χ0) is 46.7. The van der Waals surface area contributed by atoms with Crippen molar-refractivity contribution in [2.45, 2.75) is 315 Å². The van der Waals surface area contributed by atoms with Crippen LogP contribution in [0.2, 0.25) is 0 Å². The summed E-state index contributed by atoms with van der Waals surface area (Å²) in [5.41, 5.74) is 0. The van der Waals surface area contributed by atoms with E-state index in [2.05, 4.69) is 62.5 Å². The number of unbranched alkanes of at least 4 members (excludes halogenated alkanes) is 35. The second-order valence-corrected chi connectivity index (χ2v) is 19.4. The lowest BCUT2D eigenvalue weighted by molar-refractivity contribution is -0.151. The van der Waals surface area contributed by atoms with Crippen molar-refractivity contribution in [3.05, 3.63) is 36.5 Å². The summed E-state index contributed by atoms with van der Waals surface area (Å²) in [4.78, 5) is 26.2. The van der Waals surface area contributed by atoms with Crippen molar-refractivity contribution in [1.29, 1.82) is 0 Å². The molecule has 0 saturated carbocycles. The Hall–Kier alpha value is -1.92. The molecular weight excluding hydrogens is 791 g/mol. The Balaban J connectivity index is 4.61. The summed E-state index contributed by atoms with van der Waals surface area (Å²) in [5, 5.41) is 23.8.